The number of anilines is 1. The Bertz CT molecular complexity index is 612. The zero-order valence-corrected chi connectivity index (χ0v) is 13.8. The summed E-state index contributed by atoms with van der Waals surface area (Å²) in [4.78, 5) is 12.7. The van der Waals surface area contributed by atoms with Gasteiger partial charge >= 0.3 is 5.97 Å². The van der Waals surface area contributed by atoms with E-state index in [1.807, 2.05) is 20.8 Å². The van der Waals surface area contributed by atoms with Gasteiger partial charge in [0.1, 0.15) is 11.6 Å². The zero-order valence-electron chi connectivity index (χ0n) is 13.8. The summed E-state index contributed by atoms with van der Waals surface area (Å²) in [7, 11) is 0. The molecular weight excluding hydrogens is 274 g/mol. The first-order chi connectivity index (χ1) is 10.4. The number of hydrogen-bond donors (Lipinski definition) is 1. The number of aryl methyl sites for hydroxylation is 1. The van der Waals surface area contributed by atoms with Crippen molar-refractivity contribution in [2.24, 2.45) is 5.92 Å². The van der Waals surface area contributed by atoms with Gasteiger partial charge in [-0.25, -0.2) is 4.79 Å². The van der Waals surface area contributed by atoms with Crippen LogP contribution in [-0.2, 0) is 16.0 Å². The van der Waals surface area contributed by atoms with E-state index in [0.717, 1.165) is 18.5 Å². The molecule has 0 saturated carbocycles. The van der Waals surface area contributed by atoms with Crippen molar-refractivity contribution in [1.82, 2.24) is 0 Å². The average Bonchev–Trinajstić information content (AvgIpc) is 2.93. The zero-order chi connectivity index (χ0) is 15.9. The molecule has 3 atom stereocenters. The molecule has 0 aromatic heterocycles. The normalized spacial score (nSPS) is 26.1. The Hall–Kier alpha value is -1.77. The van der Waals surface area contributed by atoms with E-state index in [2.05, 4.69) is 42.6 Å². The second-order valence-electron chi connectivity index (χ2n) is 7.24. The van der Waals surface area contributed by atoms with E-state index in [1.165, 1.54) is 11.1 Å². The summed E-state index contributed by atoms with van der Waals surface area (Å²) in [6, 6.07) is 6.17. The lowest BCUT2D eigenvalue weighted by atomic mass is 9.78. The molecule has 0 radical (unpaired) electrons. The number of ether oxygens (including phenoxy) is 1. The molecule has 0 bridgehead atoms. The van der Waals surface area contributed by atoms with Crippen LogP contribution < -0.4 is 5.32 Å². The summed E-state index contributed by atoms with van der Waals surface area (Å²) in [6.45, 7) is 7.91. The van der Waals surface area contributed by atoms with Crippen LogP contribution in [0.25, 0.3) is 0 Å². The minimum absolute atomic E-state index is 0.136. The second-order valence-corrected chi connectivity index (χ2v) is 7.24. The number of hydrogen-bond acceptors (Lipinski definition) is 3. The maximum Gasteiger partial charge on any atom is 0.329 e. The summed E-state index contributed by atoms with van der Waals surface area (Å²) in [5.41, 5.74) is 3.27. The van der Waals surface area contributed by atoms with E-state index in [-0.39, 0.29) is 17.9 Å². The predicted molar refractivity (Wildman–Crippen MR) is 89.1 cm³/mol. The summed E-state index contributed by atoms with van der Waals surface area (Å²) < 4.78 is 5.64. The van der Waals surface area contributed by atoms with Gasteiger partial charge in [-0.1, -0.05) is 37.3 Å². The minimum atomic E-state index is -0.454. The Labute approximate surface area is 132 Å². The molecule has 1 aromatic rings. The highest BCUT2D eigenvalue weighted by Gasteiger charge is 2.42. The molecule has 22 heavy (non-hydrogen) atoms. The Morgan fingerprint density at radius 2 is 2.14 bits per heavy atom. The van der Waals surface area contributed by atoms with Crippen LogP contribution in [0.1, 0.15) is 51.2 Å². The van der Waals surface area contributed by atoms with Crippen molar-refractivity contribution < 1.29 is 9.53 Å². The molecule has 1 aliphatic carbocycles. The quantitative estimate of drug-likeness (QED) is 0.661. The molecule has 1 aromatic carbocycles. The number of nitrogens with one attached hydrogen (secondary N) is 1. The summed E-state index contributed by atoms with van der Waals surface area (Å²) in [5, 5.41) is 3.50. The molecule has 0 saturated heterocycles. The molecule has 3 heteroatoms. The van der Waals surface area contributed by atoms with Gasteiger partial charge in [-0.05, 0) is 44.7 Å². The first-order valence-electron chi connectivity index (χ1n) is 8.18. The molecule has 0 spiro atoms. The molecule has 1 N–H and O–H groups in total. The molecule has 1 heterocycles. The van der Waals surface area contributed by atoms with Crippen LogP contribution in [0.3, 0.4) is 0 Å². The molecular formula is C19H25NO2. The average molecular weight is 299 g/mol. The van der Waals surface area contributed by atoms with Crippen LogP contribution in [0.2, 0.25) is 0 Å². The lowest BCUT2D eigenvalue weighted by Crippen LogP contribution is -2.45. The van der Waals surface area contributed by atoms with Crippen LogP contribution >= 0.6 is 0 Å². The van der Waals surface area contributed by atoms with E-state index in [0.29, 0.717) is 5.92 Å². The third-order valence-electron chi connectivity index (χ3n) is 4.52. The fraction of sp³-hybridized carbons (Fsp3) is 0.526. The Kier molecular flexibility index (Phi) is 3.75. The smallest absolute Gasteiger partial charge is 0.329 e. The Morgan fingerprint density at radius 3 is 2.82 bits per heavy atom. The van der Waals surface area contributed by atoms with Crippen molar-refractivity contribution in [3.8, 4) is 0 Å². The van der Waals surface area contributed by atoms with E-state index in [4.69, 9.17) is 4.74 Å². The lowest BCUT2D eigenvalue weighted by Gasteiger charge is -2.37. The molecule has 2 aliphatic rings. The van der Waals surface area contributed by atoms with Gasteiger partial charge in [-0.2, -0.15) is 0 Å². The number of para-hydroxylation sites is 1. The first kappa shape index (κ1) is 15.1. The number of rotatable bonds is 2. The first-order valence-corrected chi connectivity index (χ1v) is 8.18. The number of esters is 1. The standard InChI is InChI=1S/C19H25NO2/c1-5-12-8-6-10-14-13-9-7-11-15(13)17(20-16(12)14)18(21)22-19(2,3)4/h6-10,13,15,17,20H,5,11H2,1-4H3/t13-,15-,17+/m1/s1. The molecule has 118 valence electrons. The van der Waals surface area contributed by atoms with Crippen LogP contribution in [0.4, 0.5) is 5.69 Å². The Balaban J connectivity index is 1.96. The van der Waals surface area contributed by atoms with Crippen molar-refractivity contribution in [3.63, 3.8) is 0 Å². The molecule has 1 aliphatic heterocycles. The van der Waals surface area contributed by atoms with Crippen molar-refractivity contribution in [1.29, 1.82) is 0 Å². The number of carbonyl (C=O) groups is 1. The predicted octanol–water partition coefficient (Wildman–Crippen LogP) is 4.04. The molecule has 3 nitrogen and oxygen atoms in total. The topological polar surface area (TPSA) is 38.3 Å². The Morgan fingerprint density at radius 1 is 1.36 bits per heavy atom. The van der Waals surface area contributed by atoms with Gasteiger partial charge in [-0.3, -0.25) is 0 Å². The molecule has 0 unspecified atom stereocenters. The summed E-state index contributed by atoms with van der Waals surface area (Å²) in [5.74, 6) is 0.442. The maximum absolute atomic E-state index is 12.7. The number of benzene rings is 1. The van der Waals surface area contributed by atoms with E-state index in [1.54, 1.807) is 0 Å². The van der Waals surface area contributed by atoms with Crippen molar-refractivity contribution in [3.05, 3.63) is 41.5 Å². The van der Waals surface area contributed by atoms with E-state index >= 15 is 0 Å². The second kappa shape index (κ2) is 5.45. The molecule has 0 fully saturated rings. The third-order valence-corrected chi connectivity index (χ3v) is 4.52. The monoisotopic (exact) mass is 299 g/mol. The van der Waals surface area contributed by atoms with Crippen LogP contribution in [0.15, 0.2) is 30.4 Å². The minimum Gasteiger partial charge on any atom is -0.458 e. The lowest BCUT2D eigenvalue weighted by molar-refractivity contribution is -0.157. The largest absolute Gasteiger partial charge is 0.458 e. The van der Waals surface area contributed by atoms with Gasteiger partial charge in [-0.15, -0.1) is 0 Å². The van der Waals surface area contributed by atoms with E-state index in [9.17, 15) is 4.79 Å². The number of fused-ring (bicyclic) bond motifs is 3. The van der Waals surface area contributed by atoms with Gasteiger partial charge in [0.15, 0.2) is 0 Å². The van der Waals surface area contributed by atoms with Crippen molar-refractivity contribution >= 4 is 11.7 Å². The SMILES string of the molecule is CCc1cccc2c1N[C@H](C(=O)OC(C)(C)C)[C@@H]1CC=C[C@H]21. The fourth-order valence-electron chi connectivity index (χ4n) is 3.58. The highest BCUT2D eigenvalue weighted by Crippen LogP contribution is 2.46. The van der Waals surface area contributed by atoms with Gasteiger partial charge < -0.3 is 10.1 Å². The van der Waals surface area contributed by atoms with Gasteiger partial charge in [0.2, 0.25) is 0 Å². The summed E-state index contributed by atoms with van der Waals surface area (Å²) >= 11 is 0. The maximum atomic E-state index is 12.7. The summed E-state index contributed by atoms with van der Waals surface area (Å²) in [6.07, 6.45) is 6.33. The van der Waals surface area contributed by atoms with Crippen molar-refractivity contribution in [2.75, 3.05) is 5.32 Å². The van der Waals surface area contributed by atoms with Gasteiger partial charge in [0, 0.05) is 17.5 Å². The highest BCUT2D eigenvalue weighted by molar-refractivity contribution is 5.83. The van der Waals surface area contributed by atoms with Crippen LogP contribution in [0, 0.1) is 5.92 Å². The highest BCUT2D eigenvalue weighted by atomic mass is 16.6. The van der Waals surface area contributed by atoms with Gasteiger partial charge in [0.25, 0.3) is 0 Å². The van der Waals surface area contributed by atoms with Crippen LogP contribution in [-0.4, -0.2) is 17.6 Å². The molecule has 0 amide bonds. The van der Waals surface area contributed by atoms with Crippen molar-refractivity contribution in [2.45, 2.75) is 58.1 Å². The number of carbonyl (C=O) groups excluding carboxylic acids is 1. The molecule has 3 rings (SSSR count). The number of allylic oxidation sites excluding steroid dienone is 2. The fourth-order valence-corrected chi connectivity index (χ4v) is 3.58. The third kappa shape index (κ3) is 2.65. The van der Waals surface area contributed by atoms with Crippen LogP contribution in [0.5, 0.6) is 0 Å². The van der Waals surface area contributed by atoms with Gasteiger partial charge in [0.05, 0.1) is 0 Å². The van der Waals surface area contributed by atoms with E-state index < -0.39 is 5.60 Å².